The molecule has 0 spiro atoms. The lowest BCUT2D eigenvalue weighted by Gasteiger charge is -2.15. The molecule has 1 aromatic carbocycles. The summed E-state index contributed by atoms with van der Waals surface area (Å²) in [6, 6.07) is 7.37. The molecular weight excluding hydrogens is 552 g/mol. The molecule has 3 amide bonds. The Labute approximate surface area is 235 Å². The van der Waals surface area contributed by atoms with Gasteiger partial charge >= 0.3 is 6.03 Å². The van der Waals surface area contributed by atoms with Crippen molar-refractivity contribution in [3.8, 4) is 22.4 Å². The number of likely N-dealkylation sites (tertiary alicyclic amines) is 1. The van der Waals surface area contributed by atoms with Gasteiger partial charge in [0.1, 0.15) is 0 Å². The summed E-state index contributed by atoms with van der Waals surface area (Å²) in [5.41, 5.74) is 4.65. The van der Waals surface area contributed by atoms with E-state index in [4.69, 9.17) is 0 Å². The Balaban J connectivity index is 1.45. The number of thiazole rings is 1. The normalized spacial score (nSPS) is 15.3. The number of aromatic nitrogens is 4. The van der Waals surface area contributed by atoms with E-state index < -0.39 is 15.3 Å². The molecule has 40 heavy (non-hydrogen) atoms. The third kappa shape index (κ3) is 5.87. The molecule has 1 aliphatic rings. The van der Waals surface area contributed by atoms with Gasteiger partial charge < -0.3 is 10.2 Å². The standard InChI is InChI=1S/C26H28N8O4S2/c1-4-27-25(36)32-26-31-22-10-17(9-20(23(22)39-26)21-6-5-15(2)11-28-21)18-12-29-24(30-13-18)33-40(37,38)19-7-8-34(14-19)16(3)35/h5-6,9-13,19H,4,7-8,14H2,1-3H3,(H,29,30,33)(H2,27,31,32,36). The number of benzene rings is 1. The maximum absolute atomic E-state index is 12.8. The van der Waals surface area contributed by atoms with Crippen LogP contribution in [0.4, 0.5) is 15.9 Å². The molecule has 1 fully saturated rings. The molecule has 1 atom stereocenters. The van der Waals surface area contributed by atoms with Crippen molar-refractivity contribution in [3.05, 3.63) is 48.4 Å². The smallest absolute Gasteiger partial charge is 0.321 e. The first-order chi connectivity index (χ1) is 19.1. The van der Waals surface area contributed by atoms with Crippen molar-refractivity contribution in [1.82, 2.24) is 30.2 Å². The Morgan fingerprint density at radius 3 is 2.52 bits per heavy atom. The highest BCUT2D eigenvalue weighted by Gasteiger charge is 2.34. The molecular formula is C26H28N8O4S2. The number of nitrogens with zero attached hydrogens (tertiary/aromatic N) is 5. The van der Waals surface area contributed by atoms with Crippen LogP contribution in [0, 0.1) is 6.92 Å². The third-order valence-corrected chi connectivity index (χ3v) is 9.23. The first-order valence-corrected chi connectivity index (χ1v) is 15.0. The summed E-state index contributed by atoms with van der Waals surface area (Å²) in [6.45, 7) is 6.25. The van der Waals surface area contributed by atoms with Crippen LogP contribution < -0.4 is 15.4 Å². The van der Waals surface area contributed by atoms with E-state index in [1.54, 1.807) is 6.20 Å². The monoisotopic (exact) mass is 580 g/mol. The average molecular weight is 581 g/mol. The molecule has 1 aliphatic heterocycles. The maximum atomic E-state index is 12.8. The zero-order valence-electron chi connectivity index (χ0n) is 22.1. The second-order valence-electron chi connectivity index (χ2n) is 9.41. The summed E-state index contributed by atoms with van der Waals surface area (Å²) >= 11 is 1.35. The van der Waals surface area contributed by atoms with Gasteiger partial charge in [-0.1, -0.05) is 17.4 Å². The number of anilines is 2. The fraction of sp³-hybridized carbons (Fsp3) is 0.308. The van der Waals surface area contributed by atoms with Crippen molar-refractivity contribution in [3.63, 3.8) is 0 Å². The van der Waals surface area contributed by atoms with Crippen LogP contribution in [0.2, 0.25) is 0 Å². The predicted octanol–water partition coefficient (Wildman–Crippen LogP) is 3.63. The summed E-state index contributed by atoms with van der Waals surface area (Å²) in [6.07, 6.45) is 5.21. The molecule has 3 N–H and O–H groups in total. The number of fused-ring (bicyclic) bond motifs is 1. The number of amides is 3. The van der Waals surface area contributed by atoms with Crippen LogP contribution in [-0.4, -0.2) is 70.1 Å². The van der Waals surface area contributed by atoms with Gasteiger partial charge in [-0.15, -0.1) is 0 Å². The van der Waals surface area contributed by atoms with Gasteiger partial charge in [0.25, 0.3) is 0 Å². The van der Waals surface area contributed by atoms with E-state index in [0.717, 1.165) is 27.1 Å². The number of rotatable bonds is 7. The Morgan fingerprint density at radius 1 is 1.10 bits per heavy atom. The fourth-order valence-electron chi connectivity index (χ4n) is 4.38. The van der Waals surface area contributed by atoms with Crippen LogP contribution in [0.3, 0.4) is 0 Å². The van der Waals surface area contributed by atoms with Crippen molar-refractivity contribution in [2.24, 2.45) is 0 Å². The molecule has 0 radical (unpaired) electrons. The van der Waals surface area contributed by atoms with E-state index in [-0.39, 0.29) is 24.4 Å². The number of urea groups is 1. The summed E-state index contributed by atoms with van der Waals surface area (Å²) in [7, 11) is -3.77. The second-order valence-corrected chi connectivity index (χ2v) is 12.4. The Hall–Kier alpha value is -4.17. The van der Waals surface area contributed by atoms with E-state index in [9.17, 15) is 18.0 Å². The minimum Gasteiger partial charge on any atom is -0.342 e. The van der Waals surface area contributed by atoms with Crippen LogP contribution in [0.25, 0.3) is 32.6 Å². The highest BCUT2D eigenvalue weighted by molar-refractivity contribution is 7.93. The Bertz CT molecular complexity index is 1670. The Morgan fingerprint density at radius 2 is 1.88 bits per heavy atom. The van der Waals surface area contributed by atoms with E-state index >= 15 is 0 Å². The largest absolute Gasteiger partial charge is 0.342 e. The third-order valence-electron chi connectivity index (χ3n) is 6.48. The van der Waals surface area contributed by atoms with Crippen molar-refractivity contribution in [2.75, 3.05) is 29.7 Å². The molecule has 4 heterocycles. The lowest BCUT2D eigenvalue weighted by atomic mass is 10.0. The van der Waals surface area contributed by atoms with Gasteiger partial charge in [0.2, 0.25) is 21.9 Å². The highest BCUT2D eigenvalue weighted by atomic mass is 32.2. The van der Waals surface area contributed by atoms with Crippen molar-refractivity contribution in [1.29, 1.82) is 0 Å². The quantitative estimate of drug-likeness (QED) is 0.299. The lowest BCUT2D eigenvalue weighted by Crippen LogP contribution is -2.33. The maximum Gasteiger partial charge on any atom is 0.321 e. The first kappa shape index (κ1) is 27.4. The van der Waals surface area contributed by atoms with Crippen LogP contribution in [0.15, 0.2) is 42.9 Å². The molecule has 1 saturated heterocycles. The molecule has 0 saturated carbocycles. The topological polar surface area (TPSA) is 159 Å². The summed E-state index contributed by atoms with van der Waals surface area (Å²) in [4.78, 5) is 42.9. The predicted molar refractivity (Wildman–Crippen MR) is 155 cm³/mol. The molecule has 208 valence electrons. The van der Waals surface area contributed by atoms with Crippen LogP contribution in [-0.2, 0) is 14.8 Å². The van der Waals surface area contributed by atoms with Gasteiger partial charge in [-0.05, 0) is 49.6 Å². The van der Waals surface area contributed by atoms with Crippen LogP contribution in [0.1, 0.15) is 25.8 Å². The summed E-state index contributed by atoms with van der Waals surface area (Å²) < 4.78 is 29.0. The van der Waals surface area contributed by atoms with E-state index in [0.29, 0.717) is 35.7 Å². The van der Waals surface area contributed by atoms with E-state index in [1.165, 1.54) is 35.6 Å². The van der Waals surface area contributed by atoms with Crippen molar-refractivity contribution in [2.45, 2.75) is 32.4 Å². The van der Waals surface area contributed by atoms with Gasteiger partial charge in [-0.2, -0.15) is 0 Å². The molecule has 1 unspecified atom stereocenters. The number of carbonyl (C=O) groups excluding carboxylic acids is 2. The van der Waals surface area contributed by atoms with Crippen molar-refractivity contribution >= 4 is 54.6 Å². The number of hydrogen-bond donors (Lipinski definition) is 3. The number of pyridine rings is 1. The molecule has 12 nitrogen and oxygen atoms in total. The molecule has 0 aliphatic carbocycles. The zero-order chi connectivity index (χ0) is 28.4. The number of carbonyl (C=O) groups is 2. The first-order valence-electron chi connectivity index (χ1n) is 12.6. The van der Waals surface area contributed by atoms with Crippen molar-refractivity contribution < 1.29 is 18.0 Å². The number of aryl methyl sites for hydroxylation is 1. The minimum absolute atomic E-state index is 0.0476. The SMILES string of the molecule is CCNC(=O)Nc1nc2cc(-c3cnc(NS(=O)(=O)C4CCN(C(C)=O)C4)nc3)cc(-c3ccc(C)cn3)c2s1. The van der Waals surface area contributed by atoms with E-state index in [2.05, 4.69) is 35.3 Å². The number of hydrogen-bond acceptors (Lipinski definition) is 9. The van der Waals surface area contributed by atoms with Gasteiger partial charge in [0.05, 0.1) is 21.2 Å². The molecule has 4 aromatic rings. The molecule has 5 rings (SSSR count). The summed E-state index contributed by atoms with van der Waals surface area (Å²) in [5.74, 6) is -0.198. The lowest BCUT2D eigenvalue weighted by molar-refractivity contribution is -0.127. The zero-order valence-corrected chi connectivity index (χ0v) is 23.8. The van der Waals surface area contributed by atoms with Crippen LogP contribution >= 0.6 is 11.3 Å². The van der Waals surface area contributed by atoms with Gasteiger partial charge in [0.15, 0.2) is 5.13 Å². The second kappa shape index (κ2) is 11.1. The Kier molecular flexibility index (Phi) is 7.63. The number of nitrogens with one attached hydrogen (secondary N) is 3. The van der Waals surface area contributed by atoms with E-state index in [1.807, 2.05) is 38.1 Å². The average Bonchev–Trinajstić information content (AvgIpc) is 3.57. The molecule has 0 bridgehead atoms. The van der Waals surface area contributed by atoms with Gasteiger partial charge in [0, 0.05) is 56.3 Å². The minimum atomic E-state index is -3.77. The fourth-order valence-corrected chi connectivity index (χ4v) is 6.66. The summed E-state index contributed by atoms with van der Waals surface area (Å²) in [5, 5.41) is 5.19. The molecule has 3 aromatic heterocycles. The highest BCUT2D eigenvalue weighted by Crippen LogP contribution is 2.38. The van der Waals surface area contributed by atoms with Gasteiger partial charge in [-0.25, -0.2) is 28.2 Å². The van der Waals surface area contributed by atoms with Gasteiger partial charge in [-0.3, -0.25) is 19.8 Å². The molecule has 14 heteroatoms. The van der Waals surface area contributed by atoms with Crippen LogP contribution in [0.5, 0.6) is 0 Å². The number of sulfonamides is 1.